The van der Waals surface area contributed by atoms with Crippen LogP contribution >= 0.6 is 11.3 Å². The molecule has 0 saturated carbocycles. The van der Waals surface area contributed by atoms with Crippen LogP contribution in [0.2, 0.25) is 0 Å². The zero-order valence-electron chi connectivity index (χ0n) is 21.3. The van der Waals surface area contributed by atoms with Gasteiger partial charge in [0.1, 0.15) is 0 Å². The molecule has 1 fully saturated rings. The first-order valence-electron chi connectivity index (χ1n) is 13.3. The SMILES string of the molecule is CCCCCCCCCCCCCCCCCc1ccc(B2OC(C)(C)C(C)(C)O2)s1. The van der Waals surface area contributed by atoms with Crippen LogP contribution in [0.15, 0.2) is 12.1 Å². The van der Waals surface area contributed by atoms with Crippen molar-refractivity contribution in [3.05, 3.63) is 17.0 Å². The van der Waals surface area contributed by atoms with Crippen molar-refractivity contribution in [2.75, 3.05) is 0 Å². The van der Waals surface area contributed by atoms with Crippen LogP contribution in [0.25, 0.3) is 0 Å². The van der Waals surface area contributed by atoms with Gasteiger partial charge in [0.05, 0.1) is 11.2 Å². The van der Waals surface area contributed by atoms with Crippen molar-refractivity contribution in [3.63, 3.8) is 0 Å². The van der Waals surface area contributed by atoms with Crippen molar-refractivity contribution in [2.45, 2.75) is 149 Å². The minimum absolute atomic E-state index is 0.204. The molecule has 0 bridgehead atoms. The van der Waals surface area contributed by atoms with Gasteiger partial charge in [-0.3, -0.25) is 0 Å². The molecule has 2 rings (SSSR count). The summed E-state index contributed by atoms with van der Waals surface area (Å²) in [6.45, 7) is 10.8. The van der Waals surface area contributed by atoms with Crippen LogP contribution in [0.3, 0.4) is 0 Å². The first kappa shape index (κ1) is 26.9. The van der Waals surface area contributed by atoms with Crippen molar-refractivity contribution in [1.82, 2.24) is 0 Å². The lowest BCUT2D eigenvalue weighted by Gasteiger charge is -2.32. The molecule has 0 N–H and O–H groups in total. The lowest BCUT2D eigenvalue weighted by atomic mass is 9.88. The van der Waals surface area contributed by atoms with E-state index in [4.69, 9.17) is 9.31 Å². The van der Waals surface area contributed by atoms with Gasteiger partial charge in [0.15, 0.2) is 0 Å². The Bertz CT molecular complexity index is 580. The summed E-state index contributed by atoms with van der Waals surface area (Å²) in [6.07, 6.45) is 22.5. The first-order chi connectivity index (χ1) is 14.9. The minimum atomic E-state index is -0.254. The maximum atomic E-state index is 6.18. The maximum absolute atomic E-state index is 6.18. The van der Waals surface area contributed by atoms with E-state index in [1.807, 2.05) is 11.3 Å². The average molecular weight is 449 g/mol. The van der Waals surface area contributed by atoms with E-state index in [0.717, 1.165) is 0 Å². The predicted octanol–water partition coefficient (Wildman–Crippen LogP) is 8.46. The fraction of sp³-hybridized carbons (Fsp3) is 0.852. The Morgan fingerprint density at radius 2 is 1.06 bits per heavy atom. The number of hydrogen-bond donors (Lipinski definition) is 0. The zero-order valence-corrected chi connectivity index (χ0v) is 22.1. The Morgan fingerprint density at radius 1 is 0.645 bits per heavy atom. The Morgan fingerprint density at radius 3 is 1.52 bits per heavy atom. The van der Waals surface area contributed by atoms with Gasteiger partial charge in [-0.25, -0.2) is 0 Å². The highest BCUT2D eigenvalue weighted by Crippen LogP contribution is 2.37. The summed E-state index contributed by atoms with van der Waals surface area (Å²) in [5.41, 5.74) is -0.508. The lowest BCUT2D eigenvalue weighted by molar-refractivity contribution is 0.00578. The summed E-state index contributed by atoms with van der Waals surface area (Å²) in [5, 5.41) is 0. The topological polar surface area (TPSA) is 18.5 Å². The van der Waals surface area contributed by atoms with Gasteiger partial charge in [-0.05, 0) is 46.6 Å². The van der Waals surface area contributed by atoms with Gasteiger partial charge in [-0.15, -0.1) is 11.3 Å². The molecule has 1 aromatic heterocycles. The standard InChI is InChI=1S/C27H49BO2S/c1-6-7-8-9-10-11-12-13-14-15-16-17-18-19-20-21-24-22-23-25(31-24)28-29-26(2,3)27(4,5)30-28/h22-23H,6-21H2,1-5H3. The third-order valence-electron chi connectivity index (χ3n) is 7.19. The normalized spacial score (nSPS) is 17.5. The molecule has 31 heavy (non-hydrogen) atoms. The van der Waals surface area contributed by atoms with E-state index >= 15 is 0 Å². The summed E-state index contributed by atoms with van der Waals surface area (Å²) in [7, 11) is -0.204. The molecule has 0 atom stereocenters. The van der Waals surface area contributed by atoms with Crippen LogP contribution in [0.5, 0.6) is 0 Å². The molecule has 0 amide bonds. The van der Waals surface area contributed by atoms with E-state index in [1.165, 1.54) is 112 Å². The van der Waals surface area contributed by atoms with Gasteiger partial charge in [-0.1, -0.05) is 103 Å². The van der Waals surface area contributed by atoms with E-state index in [2.05, 4.69) is 46.8 Å². The highest BCUT2D eigenvalue weighted by Gasteiger charge is 2.52. The molecule has 2 nitrogen and oxygen atoms in total. The summed E-state index contributed by atoms with van der Waals surface area (Å²) >= 11 is 1.87. The second-order valence-corrected chi connectivity index (χ2v) is 11.8. The van der Waals surface area contributed by atoms with Gasteiger partial charge in [0.2, 0.25) is 0 Å². The molecule has 1 aliphatic heterocycles. The largest absolute Gasteiger partial charge is 0.505 e. The smallest absolute Gasteiger partial charge is 0.399 e. The Balaban J connectivity index is 1.43. The molecule has 0 unspecified atom stereocenters. The van der Waals surface area contributed by atoms with Gasteiger partial charge < -0.3 is 9.31 Å². The minimum Gasteiger partial charge on any atom is -0.399 e. The highest BCUT2D eigenvalue weighted by atomic mass is 32.1. The third kappa shape index (κ3) is 9.60. The summed E-state index contributed by atoms with van der Waals surface area (Å²) in [6, 6.07) is 4.47. The zero-order chi connectivity index (χ0) is 22.6. The van der Waals surface area contributed by atoms with E-state index in [9.17, 15) is 0 Å². The first-order valence-corrected chi connectivity index (χ1v) is 14.1. The fourth-order valence-electron chi connectivity index (χ4n) is 4.29. The predicted molar refractivity (Wildman–Crippen MR) is 139 cm³/mol. The van der Waals surface area contributed by atoms with E-state index in [0.29, 0.717) is 0 Å². The monoisotopic (exact) mass is 448 g/mol. The fourth-order valence-corrected chi connectivity index (χ4v) is 5.30. The molecule has 1 saturated heterocycles. The Kier molecular flexibility index (Phi) is 12.2. The van der Waals surface area contributed by atoms with Gasteiger partial charge in [-0.2, -0.15) is 0 Å². The van der Waals surface area contributed by atoms with Crippen LogP contribution in [-0.2, 0) is 15.7 Å². The average Bonchev–Trinajstić information content (AvgIpc) is 3.26. The third-order valence-corrected chi connectivity index (χ3v) is 8.36. The summed E-state index contributed by atoms with van der Waals surface area (Å²) < 4.78 is 13.6. The van der Waals surface area contributed by atoms with E-state index in [-0.39, 0.29) is 18.3 Å². The molecule has 178 valence electrons. The van der Waals surface area contributed by atoms with E-state index in [1.54, 1.807) is 0 Å². The van der Waals surface area contributed by atoms with Crippen molar-refractivity contribution < 1.29 is 9.31 Å². The molecular formula is C27H49BO2S. The van der Waals surface area contributed by atoms with Gasteiger partial charge in [0, 0.05) is 9.65 Å². The second-order valence-electron chi connectivity index (χ2n) is 10.6. The number of thiophene rings is 1. The summed E-state index contributed by atoms with van der Waals surface area (Å²) in [5.74, 6) is 0. The molecular weight excluding hydrogens is 399 g/mol. The highest BCUT2D eigenvalue weighted by molar-refractivity contribution is 7.22. The molecule has 4 heteroatoms. The van der Waals surface area contributed by atoms with Crippen molar-refractivity contribution in [1.29, 1.82) is 0 Å². The van der Waals surface area contributed by atoms with Gasteiger partial charge in [0.25, 0.3) is 0 Å². The van der Waals surface area contributed by atoms with E-state index < -0.39 is 0 Å². The molecule has 1 aromatic rings. The number of aryl methyl sites for hydroxylation is 1. The summed E-state index contributed by atoms with van der Waals surface area (Å²) in [4.78, 5) is 1.47. The van der Waals surface area contributed by atoms with Gasteiger partial charge >= 0.3 is 7.12 Å². The number of unbranched alkanes of at least 4 members (excludes halogenated alkanes) is 14. The second kappa shape index (κ2) is 14.1. The van der Waals surface area contributed by atoms with Crippen LogP contribution < -0.4 is 4.78 Å². The van der Waals surface area contributed by atoms with Crippen LogP contribution in [0.1, 0.15) is 136 Å². The van der Waals surface area contributed by atoms with Crippen LogP contribution in [-0.4, -0.2) is 18.3 Å². The number of rotatable bonds is 17. The molecule has 0 spiro atoms. The Labute approximate surface area is 198 Å². The molecule has 0 aromatic carbocycles. The van der Waals surface area contributed by atoms with Crippen LogP contribution in [0, 0.1) is 0 Å². The quantitative estimate of drug-likeness (QED) is 0.176. The van der Waals surface area contributed by atoms with Crippen molar-refractivity contribution in [2.24, 2.45) is 0 Å². The Hall–Kier alpha value is -0.315. The van der Waals surface area contributed by atoms with Crippen molar-refractivity contribution >= 4 is 23.2 Å². The lowest BCUT2D eigenvalue weighted by Crippen LogP contribution is -2.41. The number of hydrogen-bond acceptors (Lipinski definition) is 3. The molecule has 2 heterocycles. The van der Waals surface area contributed by atoms with Crippen molar-refractivity contribution in [3.8, 4) is 0 Å². The van der Waals surface area contributed by atoms with Crippen LogP contribution in [0.4, 0.5) is 0 Å². The molecule has 1 aliphatic rings. The molecule has 0 radical (unpaired) electrons. The molecule has 0 aliphatic carbocycles. The maximum Gasteiger partial charge on any atom is 0.505 e.